The average molecular weight is 302 g/mol. The van der Waals surface area contributed by atoms with E-state index in [4.69, 9.17) is 5.11 Å². The highest BCUT2D eigenvalue weighted by atomic mass is 16.4. The summed E-state index contributed by atoms with van der Waals surface area (Å²) in [5, 5.41) is 8.49. The number of unbranched alkanes of at least 4 members (excludes halogenated alkanes) is 1. The first-order chi connectivity index (χ1) is 10.8. The summed E-state index contributed by atoms with van der Waals surface area (Å²) < 4.78 is 0. The number of aliphatic carboxylic acids is 1. The molecule has 122 valence electrons. The van der Waals surface area contributed by atoms with Gasteiger partial charge in [0.05, 0.1) is 0 Å². The lowest BCUT2D eigenvalue weighted by molar-refractivity contribution is -0.137. The van der Waals surface area contributed by atoms with Crippen molar-refractivity contribution in [3.8, 4) is 0 Å². The molecule has 0 saturated carbocycles. The van der Waals surface area contributed by atoms with E-state index in [1.165, 1.54) is 0 Å². The molecule has 0 aliphatic rings. The lowest BCUT2D eigenvalue weighted by Crippen LogP contribution is -1.92. The monoisotopic (exact) mass is 302 g/mol. The third kappa shape index (κ3) is 18.2. The summed E-state index contributed by atoms with van der Waals surface area (Å²) in [6.07, 6.45) is 28.4. The molecule has 0 aromatic carbocycles. The molecule has 0 amide bonds. The highest BCUT2D eigenvalue weighted by Crippen LogP contribution is 1.99. The Hall–Kier alpha value is -1.83. The fourth-order valence-corrected chi connectivity index (χ4v) is 1.74. The van der Waals surface area contributed by atoms with Gasteiger partial charge in [-0.1, -0.05) is 67.7 Å². The van der Waals surface area contributed by atoms with Crippen LogP contribution < -0.4 is 0 Å². The molecule has 0 unspecified atom stereocenters. The molecule has 0 aliphatic carbocycles. The summed E-state index contributed by atoms with van der Waals surface area (Å²) in [5.41, 5.74) is 0. The van der Waals surface area contributed by atoms with Gasteiger partial charge in [0, 0.05) is 6.42 Å². The first-order valence-corrected chi connectivity index (χ1v) is 8.24. The second kappa shape index (κ2) is 17.2. The third-order valence-corrected chi connectivity index (χ3v) is 2.92. The lowest BCUT2D eigenvalue weighted by atomic mass is 10.2. The molecular weight excluding hydrogens is 272 g/mol. The minimum atomic E-state index is -0.715. The SMILES string of the molecule is CC/C=C/C/C=C/C/C=C/C/C=C/C/C=C/CCCC(=O)O. The Balaban J connectivity index is 3.46. The smallest absolute Gasteiger partial charge is 0.303 e. The van der Waals surface area contributed by atoms with Crippen molar-refractivity contribution in [2.24, 2.45) is 0 Å². The molecule has 0 heterocycles. The minimum absolute atomic E-state index is 0.258. The molecule has 0 bridgehead atoms. The van der Waals surface area contributed by atoms with Gasteiger partial charge in [0.25, 0.3) is 0 Å². The first kappa shape index (κ1) is 20.2. The molecule has 0 spiro atoms. The number of carboxylic acid groups (broad SMARTS) is 1. The number of allylic oxidation sites excluding steroid dienone is 10. The summed E-state index contributed by atoms with van der Waals surface area (Å²) in [7, 11) is 0. The Kier molecular flexibility index (Phi) is 15.8. The topological polar surface area (TPSA) is 37.3 Å². The van der Waals surface area contributed by atoms with Gasteiger partial charge in [-0.15, -0.1) is 0 Å². The van der Waals surface area contributed by atoms with Crippen molar-refractivity contribution in [2.45, 2.75) is 58.3 Å². The van der Waals surface area contributed by atoms with Gasteiger partial charge < -0.3 is 5.11 Å². The largest absolute Gasteiger partial charge is 0.481 e. The molecule has 1 N–H and O–H groups in total. The zero-order valence-corrected chi connectivity index (χ0v) is 13.8. The molecule has 0 rings (SSSR count). The predicted molar refractivity (Wildman–Crippen MR) is 95.9 cm³/mol. The molecule has 0 aliphatic heterocycles. The first-order valence-electron chi connectivity index (χ1n) is 8.24. The molecule has 0 aromatic rings. The van der Waals surface area contributed by atoms with E-state index in [0.717, 1.165) is 44.9 Å². The van der Waals surface area contributed by atoms with Crippen LogP contribution in [0.3, 0.4) is 0 Å². The van der Waals surface area contributed by atoms with Crippen molar-refractivity contribution in [1.82, 2.24) is 0 Å². The van der Waals surface area contributed by atoms with Crippen LogP contribution in [0.2, 0.25) is 0 Å². The van der Waals surface area contributed by atoms with Crippen molar-refractivity contribution >= 4 is 5.97 Å². The van der Waals surface area contributed by atoms with Crippen molar-refractivity contribution in [3.05, 3.63) is 60.8 Å². The summed E-state index contributed by atoms with van der Waals surface area (Å²) in [5.74, 6) is -0.715. The normalized spacial score (nSPS) is 12.8. The fourth-order valence-electron chi connectivity index (χ4n) is 1.74. The highest BCUT2D eigenvalue weighted by molar-refractivity contribution is 5.66. The van der Waals surface area contributed by atoms with E-state index in [-0.39, 0.29) is 6.42 Å². The molecule has 0 atom stereocenters. The van der Waals surface area contributed by atoms with Crippen LogP contribution in [0.5, 0.6) is 0 Å². The lowest BCUT2D eigenvalue weighted by Gasteiger charge is -1.89. The van der Waals surface area contributed by atoms with Gasteiger partial charge in [-0.2, -0.15) is 0 Å². The van der Waals surface area contributed by atoms with Crippen LogP contribution in [0.25, 0.3) is 0 Å². The second-order valence-electron chi connectivity index (χ2n) is 4.99. The fraction of sp³-hybridized carbons (Fsp3) is 0.450. The summed E-state index contributed by atoms with van der Waals surface area (Å²) in [4.78, 5) is 10.3. The van der Waals surface area contributed by atoms with E-state index in [2.05, 4.69) is 67.7 Å². The minimum Gasteiger partial charge on any atom is -0.481 e. The quantitative estimate of drug-likeness (QED) is 0.335. The maximum atomic E-state index is 10.3. The van der Waals surface area contributed by atoms with Crippen LogP contribution in [0.4, 0.5) is 0 Å². The Morgan fingerprint density at radius 3 is 1.55 bits per heavy atom. The molecule has 0 radical (unpaired) electrons. The molecule has 2 nitrogen and oxygen atoms in total. The van der Waals surface area contributed by atoms with E-state index in [9.17, 15) is 4.79 Å². The number of hydrogen-bond donors (Lipinski definition) is 1. The van der Waals surface area contributed by atoms with Crippen LogP contribution >= 0.6 is 0 Å². The van der Waals surface area contributed by atoms with Gasteiger partial charge >= 0.3 is 5.97 Å². The van der Waals surface area contributed by atoms with E-state index in [1.807, 2.05) is 0 Å². The molecule has 22 heavy (non-hydrogen) atoms. The van der Waals surface area contributed by atoms with Crippen LogP contribution in [0.1, 0.15) is 58.3 Å². The zero-order chi connectivity index (χ0) is 16.3. The second-order valence-corrected chi connectivity index (χ2v) is 4.99. The van der Waals surface area contributed by atoms with Crippen molar-refractivity contribution in [1.29, 1.82) is 0 Å². The van der Waals surface area contributed by atoms with Gasteiger partial charge in [0.2, 0.25) is 0 Å². The standard InChI is InChI=1S/C20H30O2/c1-2-3-4-5-6-7-8-9-10-11-12-13-14-15-16-17-18-19-20(21)22/h3-4,6-7,9-10,12-13,15-16H,2,5,8,11,14,17-19H2,1H3,(H,21,22)/b4-3+,7-6+,10-9+,13-12+,16-15+. The van der Waals surface area contributed by atoms with Crippen LogP contribution in [0, 0.1) is 0 Å². The number of hydrogen-bond acceptors (Lipinski definition) is 1. The van der Waals surface area contributed by atoms with Gasteiger partial charge in [0.15, 0.2) is 0 Å². The summed E-state index contributed by atoms with van der Waals surface area (Å²) in [6.45, 7) is 2.14. The number of carboxylic acids is 1. The van der Waals surface area contributed by atoms with Crippen LogP contribution in [0.15, 0.2) is 60.8 Å². The summed E-state index contributed by atoms with van der Waals surface area (Å²) >= 11 is 0. The van der Waals surface area contributed by atoms with Crippen molar-refractivity contribution in [2.75, 3.05) is 0 Å². The number of rotatable bonds is 13. The van der Waals surface area contributed by atoms with Crippen LogP contribution in [-0.4, -0.2) is 11.1 Å². The Morgan fingerprint density at radius 1 is 0.727 bits per heavy atom. The number of carbonyl (C=O) groups is 1. The highest BCUT2D eigenvalue weighted by Gasteiger charge is 1.92. The molecule has 2 heteroatoms. The van der Waals surface area contributed by atoms with E-state index in [1.54, 1.807) is 0 Å². The molecule has 0 saturated heterocycles. The maximum absolute atomic E-state index is 10.3. The maximum Gasteiger partial charge on any atom is 0.303 e. The van der Waals surface area contributed by atoms with Crippen LogP contribution in [-0.2, 0) is 4.79 Å². The Bertz CT molecular complexity index is 398. The van der Waals surface area contributed by atoms with Crippen molar-refractivity contribution < 1.29 is 9.90 Å². The van der Waals surface area contributed by atoms with E-state index >= 15 is 0 Å². The Morgan fingerprint density at radius 2 is 1.14 bits per heavy atom. The summed E-state index contributed by atoms with van der Waals surface area (Å²) in [6, 6.07) is 0. The zero-order valence-electron chi connectivity index (χ0n) is 13.8. The molecule has 0 aromatic heterocycles. The molecule has 0 fully saturated rings. The van der Waals surface area contributed by atoms with Gasteiger partial charge in [0.1, 0.15) is 0 Å². The van der Waals surface area contributed by atoms with Gasteiger partial charge in [-0.3, -0.25) is 4.79 Å². The van der Waals surface area contributed by atoms with Crippen molar-refractivity contribution in [3.63, 3.8) is 0 Å². The van der Waals surface area contributed by atoms with E-state index in [0.29, 0.717) is 0 Å². The predicted octanol–water partition coefficient (Wildman–Crippen LogP) is 5.99. The third-order valence-electron chi connectivity index (χ3n) is 2.92. The van der Waals surface area contributed by atoms with E-state index < -0.39 is 5.97 Å². The Labute approximate surface area is 135 Å². The van der Waals surface area contributed by atoms with Gasteiger partial charge in [-0.25, -0.2) is 0 Å². The van der Waals surface area contributed by atoms with Gasteiger partial charge in [-0.05, 0) is 44.9 Å². The molecular formula is C20H30O2. The average Bonchev–Trinajstić information content (AvgIpc) is 2.50.